The van der Waals surface area contributed by atoms with Crippen molar-refractivity contribution in [2.75, 3.05) is 11.4 Å². The second kappa shape index (κ2) is 8.57. The van der Waals surface area contributed by atoms with Crippen LogP contribution in [0.4, 0.5) is 5.69 Å². The van der Waals surface area contributed by atoms with E-state index in [1.807, 2.05) is 12.1 Å². The highest BCUT2D eigenvalue weighted by Gasteiger charge is 2.39. The molecule has 0 saturated carbocycles. The van der Waals surface area contributed by atoms with Crippen molar-refractivity contribution in [3.05, 3.63) is 70.9 Å². The number of anilines is 1. The fourth-order valence-electron chi connectivity index (χ4n) is 3.69. The number of nitrogens with zero attached hydrogens (tertiary/aromatic N) is 3. The van der Waals surface area contributed by atoms with Gasteiger partial charge < -0.3 is 9.67 Å². The smallest absolute Gasteiger partial charge is 0.323 e. The predicted molar refractivity (Wildman–Crippen MR) is 126 cm³/mol. The maximum absolute atomic E-state index is 13.4. The van der Waals surface area contributed by atoms with Gasteiger partial charge in [0.2, 0.25) is 0 Å². The Bertz CT molecular complexity index is 1300. The number of carbonyl (C=O) groups excluding carboxylic acids is 2. The number of benzene rings is 2. The molecule has 2 amide bonds. The van der Waals surface area contributed by atoms with Crippen molar-refractivity contribution in [1.29, 1.82) is 0 Å². The van der Waals surface area contributed by atoms with Crippen LogP contribution in [-0.4, -0.2) is 44.0 Å². The summed E-state index contributed by atoms with van der Waals surface area (Å²) in [6.07, 6.45) is 3.13. The Hall–Kier alpha value is -3.49. The van der Waals surface area contributed by atoms with Crippen LogP contribution in [0.2, 0.25) is 5.02 Å². The molecule has 2 heterocycles. The summed E-state index contributed by atoms with van der Waals surface area (Å²) in [5.74, 6) is -2.05. The molecule has 1 aromatic heterocycles. The highest BCUT2D eigenvalue weighted by Crippen LogP contribution is 2.29. The molecule has 1 aliphatic rings. The van der Waals surface area contributed by atoms with Gasteiger partial charge in [0, 0.05) is 34.2 Å². The lowest BCUT2D eigenvalue weighted by Gasteiger charge is -2.36. The maximum Gasteiger partial charge on any atom is 0.323 e. The Morgan fingerprint density at radius 1 is 1.09 bits per heavy atom. The van der Waals surface area contributed by atoms with Crippen molar-refractivity contribution >= 4 is 69.4 Å². The van der Waals surface area contributed by atoms with Gasteiger partial charge in [-0.3, -0.25) is 24.2 Å². The molecule has 0 unspecified atom stereocenters. The lowest BCUT2D eigenvalue weighted by atomic mass is 10.1. The molecule has 9 heteroatoms. The highest BCUT2D eigenvalue weighted by atomic mass is 35.5. The minimum atomic E-state index is -0.994. The van der Waals surface area contributed by atoms with E-state index < -0.39 is 17.8 Å². The van der Waals surface area contributed by atoms with Gasteiger partial charge in [0.15, 0.2) is 5.11 Å². The Morgan fingerprint density at radius 3 is 2.44 bits per heavy atom. The topological polar surface area (TPSA) is 82.9 Å². The van der Waals surface area contributed by atoms with Crippen LogP contribution in [0.5, 0.6) is 0 Å². The third kappa shape index (κ3) is 3.79. The summed E-state index contributed by atoms with van der Waals surface area (Å²) in [6, 6.07) is 13.8. The molecule has 32 heavy (non-hydrogen) atoms. The number of amides is 2. The molecule has 2 aromatic carbocycles. The van der Waals surface area contributed by atoms with Gasteiger partial charge in [-0.25, -0.2) is 0 Å². The molecule has 0 atom stereocenters. The molecule has 0 spiro atoms. The summed E-state index contributed by atoms with van der Waals surface area (Å²) in [5, 5.41) is 10.6. The zero-order chi connectivity index (χ0) is 23.0. The first kappa shape index (κ1) is 21.7. The molecule has 1 saturated heterocycles. The summed E-state index contributed by atoms with van der Waals surface area (Å²) >= 11 is 11.4. The number of halogens is 1. The molecule has 162 valence electrons. The van der Waals surface area contributed by atoms with E-state index in [-0.39, 0.29) is 23.8 Å². The molecule has 1 N–H and O–H groups in total. The van der Waals surface area contributed by atoms with Gasteiger partial charge >= 0.3 is 5.97 Å². The van der Waals surface area contributed by atoms with Crippen molar-refractivity contribution in [3.63, 3.8) is 0 Å². The molecule has 4 rings (SSSR count). The van der Waals surface area contributed by atoms with E-state index >= 15 is 0 Å². The van der Waals surface area contributed by atoms with Gasteiger partial charge in [-0.2, -0.15) is 0 Å². The van der Waals surface area contributed by atoms with E-state index in [4.69, 9.17) is 23.8 Å². The van der Waals surface area contributed by atoms with Crippen LogP contribution < -0.4 is 4.90 Å². The van der Waals surface area contributed by atoms with Crippen LogP contribution in [0, 0.1) is 0 Å². The normalized spacial score (nSPS) is 15.8. The number of likely N-dealkylation sites (N-methyl/N-ethyl adjacent to an activating group) is 1. The standard InChI is InChI=1S/C23H18ClN3O4S/c1-2-26-21(30)18(22(31)27(23(26)32)16-9-7-15(24)8-10-16)11-14-12-25(13-20(28)29)19-6-4-3-5-17(14)19/h3-12H,2,13H2,1H3,(H,28,29)/b18-11+. The summed E-state index contributed by atoms with van der Waals surface area (Å²) < 4.78 is 1.57. The van der Waals surface area contributed by atoms with Crippen LogP contribution in [0.1, 0.15) is 12.5 Å². The average Bonchev–Trinajstić information content (AvgIpc) is 3.10. The zero-order valence-corrected chi connectivity index (χ0v) is 18.6. The number of thiocarbonyl (C=S) groups is 1. The number of rotatable bonds is 5. The predicted octanol–water partition coefficient (Wildman–Crippen LogP) is 3.94. The lowest BCUT2D eigenvalue weighted by molar-refractivity contribution is -0.137. The van der Waals surface area contributed by atoms with E-state index in [1.165, 1.54) is 15.9 Å². The Labute approximate surface area is 194 Å². The van der Waals surface area contributed by atoms with E-state index in [1.54, 1.807) is 54.1 Å². The number of carboxylic acids is 1. The van der Waals surface area contributed by atoms with Gasteiger partial charge in [0.1, 0.15) is 12.1 Å². The van der Waals surface area contributed by atoms with Gasteiger partial charge in [0.05, 0.1) is 5.69 Å². The number of carboxylic acid groups (broad SMARTS) is 1. The summed E-state index contributed by atoms with van der Waals surface area (Å²) in [6.45, 7) is 1.82. The maximum atomic E-state index is 13.4. The molecule has 0 radical (unpaired) electrons. The second-order valence-electron chi connectivity index (χ2n) is 7.13. The van der Waals surface area contributed by atoms with Crippen LogP contribution in [0.15, 0.2) is 60.3 Å². The monoisotopic (exact) mass is 467 g/mol. The summed E-state index contributed by atoms with van der Waals surface area (Å²) in [5.41, 5.74) is 1.69. The number of aliphatic carboxylic acids is 1. The second-order valence-corrected chi connectivity index (χ2v) is 7.93. The van der Waals surface area contributed by atoms with Gasteiger partial charge in [0.25, 0.3) is 11.8 Å². The molecule has 0 bridgehead atoms. The first-order valence-corrected chi connectivity index (χ1v) is 10.6. The third-order valence-electron chi connectivity index (χ3n) is 5.16. The Morgan fingerprint density at radius 2 is 1.78 bits per heavy atom. The van der Waals surface area contributed by atoms with Crippen molar-refractivity contribution in [2.24, 2.45) is 0 Å². The van der Waals surface area contributed by atoms with Crippen molar-refractivity contribution in [3.8, 4) is 0 Å². The molecule has 1 fully saturated rings. The first-order valence-electron chi connectivity index (χ1n) is 9.79. The van der Waals surface area contributed by atoms with Crippen molar-refractivity contribution in [1.82, 2.24) is 9.47 Å². The van der Waals surface area contributed by atoms with Crippen LogP contribution >= 0.6 is 23.8 Å². The van der Waals surface area contributed by atoms with Crippen molar-refractivity contribution < 1.29 is 19.5 Å². The zero-order valence-electron chi connectivity index (χ0n) is 17.0. The largest absolute Gasteiger partial charge is 0.480 e. The molecule has 7 nitrogen and oxygen atoms in total. The van der Waals surface area contributed by atoms with E-state index in [9.17, 15) is 19.5 Å². The highest BCUT2D eigenvalue weighted by molar-refractivity contribution is 7.80. The van der Waals surface area contributed by atoms with E-state index in [0.29, 0.717) is 21.8 Å². The number of fused-ring (bicyclic) bond motifs is 1. The Kier molecular flexibility index (Phi) is 5.82. The average molecular weight is 468 g/mol. The van der Waals surface area contributed by atoms with Gasteiger partial charge in [-0.1, -0.05) is 29.8 Å². The summed E-state index contributed by atoms with van der Waals surface area (Å²) in [4.78, 5) is 40.5. The fourth-order valence-corrected chi connectivity index (χ4v) is 4.22. The number of carbonyl (C=O) groups is 3. The number of para-hydroxylation sites is 1. The Balaban J connectivity index is 1.85. The third-order valence-corrected chi connectivity index (χ3v) is 5.81. The number of hydrogen-bond acceptors (Lipinski definition) is 4. The van der Waals surface area contributed by atoms with Crippen LogP contribution in [-0.2, 0) is 20.9 Å². The molecule has 1 aliphatic heterocycles. The fraction of sp³-hybridized carbons (Fsp3) is 0.130. The van der Waals surface area contributed by atoms with Gasteiger partial charge in [-0.05, 0) is 55.5 Å². The molecular weight excluding hydrogens is 450 g/mol. The van der Waals surface area contributed by atoms with E-state index in [0.717, 1.165) is 5.39 Å². The number of hydrogen-bond donors (Lipinski definition) is 1. The molecule has 3 aromatic rings. The van der Waals surface area contributed by atoms with Crippen LogP contribution in [0.25, 0.3) is 17.0 Å². The number of aromatic nitrogens is 1. The first-order chi connectivity index (χ1) is 15.3. The quantitative estimate of drug-likeness (QED) is 0.349. The van der Waals surface area contributed by atoms with Gasteiger partial charge in [-0.15, -0.1) is 0 Å². The van der Waals surface area contributed by atoms with Crippen LogP contribution in [0.3, 0.4) is 0 Å². The molecule has 0 aliphatic carbocycles. The van der Waals surface area contributed by atoms with E-state index in [2.05, 4.69) is 0 Å². The molecular formula is C23H18ClN3O4S. The van der Waals surface area contributed by atoms with Crippen molar-refractivity contribution in [2.45, 2.75) is 13.5 Å². The SMILES string of the molecule is CCN1C(=O)/C(=C\c2cn(CC(=O)O)c3ccccc23)C(=O)N(c2ccc(Cl)cc2)C1=S. The summed E-state index contributed by atoms with van der Waals surface area (Å²) in [7, 11) is 0. The minimum absolute atomic E-state index is 0.0615. The minimum Gasteiger partial charge on any atom is -0.480 e. The lowest BCUT2D eigenvalue weighted by Crippen LogP contribution is -2.56.